The summed E-state index contributed by atoms with van der Waals surface area (Å²) in [5.41, 5.74) is 0.544. The van der Waals surface area contributed by atoms with Crippen LogP contribution in [0.5, 0.6) is 5.75 Å². The first kappa shape index (κ1) is 81.7. The zero-order chi connectivity index (χ0) is 60.1. The molecule has 7 N–H and O–H groups in total. The van der Waals surface area contributed by atoms with Gasteiger partial charge in [0.2, 0.25) is 34.4 Å². The third-order valence-electron chi connectivity index (χ3n) is 10.3. The Balaban J connectivity index is 0.00000440. The van der Waals surface area contributed by atoms with Crippen molar-refractivity contribution in [1.29, 1.82) is 0 Å². The number of rotatable bonds is 18. The molecule has 428 valence electrons. The van der Waals surface area contributed by atoms with Crippen LogP contribution in [-0.4, -0.2) is 108 Å². The quantitative estimate of drug-likeness (QED) is 0.0201. The van der Waals surface area contributed by atoms with Crippen molar-refractivity contribution in [2.45, 2.75) is 29.4 Å². The number of fused-ring (bicyclic) bond motifs is 1. The molecule has 0 aliphatic carbocycles. The maximum Gasteiger partial charge on any atom is 1.00 e. The summed E-state index contributed by atoms with van der Waals surface area (Å²) in [6.07, 6.45) is 0. The molecule has 88 heavy (non-hydrogen) atoms. The van der Waals surface area contributed by atoms with Crippen LogP contribution in [0.15, 0.2) is 147 Å². The van der Waals surface area contributed by atoms with Gasteiger partial charge in [-0.05, 0) is 126 Å². The van der Waals surface area contributed by atoms with Crippen molar-refractivity contribution in [3.8, 4) is 5.75 Å². The van der Waals surface area contributed by atoms with Crippen molar-refractivity contribution >= 4 is 170 Å². The Bertz CT molecular complexity index is 4480. The van der Waals surface area contributed by atoms with Crippen molar-refractivity contribution in [2.75, 3.05) is 27.0 Å². The van der Waals surface area contributed by atoms with Gasteiger partial charge in [-0.15, -0.1) is 20.5 Å². The van der Waals surface area contributed by atoms with Crippen LogP contribution in [0.25, 0.3) is 10.8 Å². The van der Waals surface area contributed by atoms with Gasteiger partial charge in [-0.3, -0.25) is 4.55 Å². The molecule has 0 atom stereocenters. The Morgan fingerprint density at radius 3 is 1.06 bits per heavy atom. The summed E-state index contributed by atoms with van der Waals surface area (Å²) < 4.78 is 217. The van der Waals surface area contributed by atoms with Crippen LogP contribution < -0.4 is 209 Å². The molecule has 0 fully saturated rings. The fourth-order valence-corrected chi connectivity index (χ4v) is 10.7. The van der Waals surface area contributed by atoms with Gasteiger partial charge in [0, 0.05) is 28.1 Å². The van der Waals surface area contributed by atoms with Gasteiger partial charge in [-0.2, -0.15) is 38.3 Å². The van der Waals surface area contributed by atoms with Gasteiger partial charge in [-0.1, -0.05) is 5.75 Å². The van der Waals surface area contributed by atoms with Crippen molar-refractivity contribution < 1.29 is 260 Å². The molecule has 34 nitrogen and oxygen atoms in total. The summed E-state index contributed by atoms with van der Waals surface area (Å²) in [7, 11) is -32.1. The van der Waals surface area contributed by atoms with E-state index in [1.165, 1.54) is 24.3 Å². The molecule has 0 bridgehead atoms. The van der Waals surface area contributed by atoms with Gasteiger partial charge >= 0.3 is 177 Å². The largest absolute Gasteiger partial charge is 1.00 e. The Morgan fingerprint density at radius 1 is 0.409 bits per heavy atom. The summed E-state index contributed by atoms with van der Waals surface area (Å²) in [4.78, 5) is 17.1. The van der Waals surface area contributed by atoms with Crippen molar-refractivity contribution in [3.63, 3.8) is 0 Å². The van der Waals surface area contributed by atoms with Crippen molar-refractivity contribution in [3.05, 3.63) is 108 Å². The number of nitrogens with one attached hydrogen (secondary N) is 4. The van der Waals surface area contributed by atoms with E-state index in [-0.39, 0.29) is 212 Å². The number of nitrogen functional groups attached to an aromatic ring is 1. The van der Waals surface area contributed by atoms with Crippen molar-refractivity contribution in [1.82, 2.24) is 29.9 Å². The van der Waals surface area contributed by atoms with Crippen molar-refractivity contribution in [2.24, 2.45) is 20.5 Å². The topological polar surface area (TPSA) is 564 Å². The Morgan fingerprint density at radius 2 is 0.727 bits per heavy atom. The first-order chi connectivity index (χ1) is 38.0. The summed E-state index contributed by atoms with van der Waals surface area (Å²) in [6.45, 7) is 0. The van der Waals surface area contributed by atoms with Gasteiger partial charge in [0.05, 0.1) is 35.9 Å². The first-order valence-corrected chi connectivity index (χ1v) is 30.3. The fourth-order valence-electron chi connectivity index (χ4n) is 6.89. The van der Waals surface area contributed by atoms with Gasteiger partial charge in [-0.25, -0.2) is 42.1 Å². The van der Waals surface area contributed by atoms with E-state index in [0.29, 0.717) is 24.3 Å². The van der Waals surface area contributed by atoms with Gasteiger partial charge in [0.25, 0.3) is 10.1 Å². The number of aromatic nitrogens is 6. The number of anilines is 9. The van der Waals surface area contributed by atoms with Gasteiger partial charge < -0.3 is 54.9 Å². The molecule has 8 rings (SSSR count). The third-order valence-corrected chi connectivity index (χ3v) is 15.8. The molecule has 6 aromatic carbocycles. The zero-order valence-electron chi connectivity index (χ0n) is 45.3. The summed E-state index contributed by atoms with van der Waals surface area (Å²) in [6, 6.07) is 14.4. The molecule has 8 aromatic rings. The monoisotopic (exact) mass is 1420 g/mol. The Kier molecular flexibility index (Phi) is 29.9. The maximum absolute atomic E-state index is 14.2. The number of azo groups is 2. The summed E-state index contributed by atoms with van der Waals surface area (Å²) >= 11 is 12.0. The zero-order valence-corrected chi connectivity index (χ0v) is 63.7. The van der Waals surface area contributed by atoms with Crippen LogP contribution in [0.2, 0.25) is 10.6 Å². The molecular weight excluding hydrogens is 1400 g/mol. The summed E-state index contributed by atoms with van der Waals surface area (Å²) in [5, 5.41) is 36.2. The van der Waals surface area contributed by atoms with Crippen LogP contribution >= 0.6 is 23.2 Å². The molecule has 0 unspecified atom stereocenters. The molecule has 48 heteroatoms. The average molecular weight is 1420 g/mol. The third kappa shape index (κ3) is 20.8. The minimum Gasteiger partial charge on any atom is -0.870 e. The second-order valence-electron chi connectivity index (χ2n) is 15.9. The Hall–Kier alpha value is -2.36. The molecule has 0 radical (unpaired) electrons. The van der Waals surface area contributed by atoms with Crippen LogP contribution in [-0.2, 0) is 60.7 Å². The molecule has 0 saturated carbocycles. The van der Waals surface area contributed by atoms with E-state index in [1.54, 1.807) is 0 Å². The smallest absolute Gasteiger partial charge is 0.870 e. The van der Waals surface area contributed by atoms with E-state index >= 15 is 0 Å². The average Bonchev–Trinajstić information content (AvgIpc) is 1.41. The van der Waals surface area contributed by atoms with E-state index in [0.717, 1.165) is 48.5 Å². The molecule has 0 aliphatic heterocycles. The fraction of sp³-hybridized carbons (Fsp3) is 0. The SMILES string of the molecule is Nc1c(N=Nc2ccc(Nc3nc(Cl)nc(Nc4ccc(S(=O)(=O)[O-])cc4)n3)cc2S(=O)(=O)[O-])c(S(=O)(=O)[O-])cc2cc(S(=O)(=O)O)c(N=Nc3ccc(Nc4nc(Cl)nc(Nc5ccc(S(=O)(=O)[O-])cc5)n4)cc3S(=O)(=O)[O-])c([O-])c12.[Na+].[Na+].[Na+].[Na+].[Na+].[Na+]. The standard InChI is InChI=1S/C40H29Cl2N15O19S6.6Na/c41-35-48-37(44-18-1-7-22(8-2-18)77(59,60)61)52-39(50-35)46-20-5-11-24(26(15-20)79(65,66)67)54-56-32-28(81(71,72)73)13-17-14-29(82(74,75)76)33(34(58)30(17)31(32)43)57-55-25-12-6-21(16-27(25)80(68,69)70)47-40-51-36(42)49-38(53-40)45-19-3-9-23(10-4-19)78(62,63)64;;;;;;/h1-16,58H,43H2,(H,59,60,61)(H,62,63,64)(H,65,66,67)(H,68,69,70)(H,71,72,73)(H,74,75,76)(H2,44,46,48,50,52)(H2,45,47,49,51,53);;;;;;/q;6*+1/p-6. The molecule has 0 aliphatic rings. The first-order valence-electron chi connectivity index (χ1n) is 21.1. The van der Waals surface area contributed by atoms with E-state index in [2.05, 4.69) is 71.6 Å². The molecule has 0 amide bonds. The molecule has 2 heterocycles. The second-order valence-corrected chi connectivity index (χ2v) is 24.7. The molecular formula is C40H23Cl2N15Na6O19S6. The number of nitrogens with zero attached hydrogens (tertiary/aromatic N) is 10. The van der Waals surface area contributed by atoms with E-state index < -0.39 is 158 Å². The minimum absolute atomic E-state index is 0. The number of benzene rings is 6. The predicted molar refractivity (Wildman–Crippen MR) is 274 cm³/mol. The maximum atomic E-state index is 14.2. The number of hydrogen-bond donors (Lipinski definition) is 6. The number of nitrogens with two attached hydrogens (primary N) is 1. The summed E-state index contributed by atoms with van der Waals surface area (Å²) in [5.74, 6) is -3.00. The van der Waals surface area contributed by atoms with Gasteiger partial charge in [0.15, 0.2) is 0 Å². The van der Waals surface area contributed by atoms with E-state index in [4.69, 9.17) is 28.9 Å². The van der Waals surface area contributed by atoms with Crippen LogP contribution in [0.1, 0.15) is 0 Å². The molecule has 0 spiro atoms. The Labute approximate surface area is 640 Å². The number of hydrogen-bond acceptors (Lipinski definition) is 33. The normalized spacial score (nSPS) is 11.9. The van der Waals surface area contributed by atoms with Gasteiger partial charge in [0.1, 0.15) is 72.5 Å². The van der Waals surface area contributed by atoms with E-state index in [9.17, 15) is 82.9 Å². The van der Waals surface area contributed by atoms with Crippen LogP contribution in [0.4, 0.5) is 75.0 Å². The van der Waals surface area contributed by atoms with Crippen LogP contribution in [0.3, 0.4) is 0 Å². The predicted octanol–water partition coefficient (Wildman–Crippen LogP) is -13.2. The number of halogens is 2. The molecule has 2 aromatic heterocycles. The molecule has 0 saturated heterocycles. The van der Waals surface area contributed by atoms with Crippen LogP contribution in [0, 0.1) is 0 Å². The minimum atomic E-state index is -5.79. The second kappa shape index (κ2) is 32.2. The van der Waals surface area contributed by atoms with E-state index in [1.807, 2.05) is 0 Å².